The maximum absolute atomic E-state index is 9.32. The Labute approximate surface area is 159 Å². The van der Waals surface area contributed by atoms with Gasteiger partial charge in [-0.25, -0.2) is 4.52 Å². The van der Waals surface area contributed by atoms with Gasteiger partial charge in [0.25, 0.3) is 0 Å². The van der Waals surface area contributed by atoms with Crippen molar-refractivity contribution in [2.24, 2.45) is 0 Å². The summed E-state index contributed by atoms with van der Waals surface area (Å²) in [4.78, 5) is 5.02. The summed E-state index contributed by atoms with van der Waals surface area (Å²) in [5.41, 5.74) is 2.69. The minimum Gasteiger partial charge on any atom is -0.370 e. The van der Waals surface area contributed by atoms with E-state index in [4.69, 9.17) is 4.74 Å². The van der Waals surface area contributed by atoms with Crippen LogP contribution >= 0.6 is 0 Å². The summed E-state index contributed by atoms with van der Waals surface area (Å²) in [7, 11) is 0. The molecule has 2 aromatic rings. The number of piperazine rings is 1. The summed E-state index contributed by atoms with van der Waals surface area (Å²) >= 11 is 0. The van der Waals surface area contributed by atoms with Crippen LogP contribution in [0.3, 0.4) is 0 Å². The fourth-order valence-corrected chi connectivity index (χ4v) is 4.98. The van der Waals surface area contributed by atoms with Gasteiger partial charge in [0, 0.05) is 44.8 Å². The van der Waals surface area contributed by atoms with Gasteiger partial charge in [-0.05, 0) is 38.0 Å². The Morgan fingerprint density at radius 1 is 1.26 bits per heavy atom. The number of nitrogens with zero attached hydrogens (tertiary/aromatic N) is 5. The first-order valence-electron chi connectivity index (χ1n) is 9.96. The zero-order chi connectivity index (χ0) is 18.4. The number of rotatable bonds is 3. The first kappa shape index (κ1) is 17.0. The number of morpholine rings is 1. The highest BCUT2D eigenvalue weighted by Gasteiger charge is 2.36. The van der Waals surface area contributed by atoms with Gasteiger partial charge < -0.3 is 15.0 Å². The highest BCUT2D eigenvalue weighted by Crippen LogP contribution is 2.28. The molecule has 4 atom stereocenters. The van der Waals surface area contributed by atoms with Gasteiger partial charge in [0.15, 0.2) is 0 Å². The molecule has 0 amide bonds. The molecule has 0 spiro atoms. The third-order valence-corrected chi connectivity index (χ3v) is 6.21. The van der Waals surface area contributed by atoms with Crippen molar-refractivity contribution >= 4 is 11.2 Å². The molecule has 4 aliphatic heterocycles. The summed E-state index contributed by atoms with van der Waals surface area (Å²) in [5, 5.41) is 17.3. The summed E-state index contributed by atoms with van der Waals surface area (Å²) in [6.45, 7) is 7.14. The highest BCUT2D eigenvalue weighted by molar-refractivity contribution is 5.74. The first-order valence-corrected chi connectivity index (χ1v) is 9.96. The maximum Gasteiger partial charge on any atom is 0.142 e. The fraction of sp³-hybridized carbons (Fsp3) is 0.600. The molecule has 0 aromatic carbocycles. The molecule has 7 heteroatoms. The van der Waals surface area contributed by atoms with E-state index >= 15 is 0 Å². The van der Waals surface area contributed by atoms with E-state index in [0.29, 0.717) is 17.8 Å². The quantitative estimate of drug-likeness (QED) is 0.881. The summed E-state index contributed by atoms with van der Waals surface area (Å²) in [6, 6.07) is 9.42. The predicted molar refractivity (Wildman–Crippen MR) is 103 cm³/mol. The van der Waals surface area contributed by atoms with Crippen molar-refractivity contribution in [2.45, 2.75) is 44.1 Å². The molecule has 0 aliphatic carbocycles. The molecule has 0 saturated carbocycles. The maximum atomic E-state index is 9.32. The second-order valence-electron chi connectivity index (χ2n) is 8.11. The normalized spacial score (nSPS) is 31.3. The number of ether oxygens (including phenoxy) is 1. The van der Waals surface area contributed by atoms with E-state index in [-0.39, 0.29) is 12.2 Å². The zero-order valence-electron chi connectivity index (χ0n) is 15.7. The highest BCUT2D eigenvalue weighted by atomic mass is 16.5. The molecule has 1 N–H and O–H groups in total. The van der Waals surface area contributed by atoms with E-state index in [2.05, 4.69) is 39.3 Å². The molecular weight excluding hydrogens is 340 g/mol. The van der Waals surface area contributed by atoms with Gasteiger partial charge in [0.2, 0.25) is 0 Å². The molecule has 4 fully saturated rings. The van der Waals surface area contributed by atoms with Gasteiger partial charge in [-0.2, -0.15) is 10.4 Å². The monoisotopic (exact) mass is 366 g/mol. The number of aromatic nitrogens is 2. The lowest BCUT2D eigenvalue weighted by molar-refractivity contribution is -0.0506. The number of nitriles is 1. The lowest BCUT2D eigenvalue weighted by atomic mass is 9.92. The lowest BCUT2D eigenvalue weighted by Gasteiger charge is -2.48. The number of anilines is 1. The van der Waals surface area contributed by atoms with Crippen molar-refractivity contribution < 1.29 is 4.74 Å². The van der Waals surface area contributed by atoms with Crippen LogP contribution in [0.1, 0.15) is 25.5 Å². The van der Waals surface area contributed by atoms with Crippen LogP contribution in [0.25, 0.3) is 5.52 Å². The van der Waals surface area contributed by atoms with Crippen LogP contribution in [0.15, 0.2) is 24.4 Å². The largest absolute Gasteiger partial charge is 0.370 e. The predicted octanol–water partition coefficient (Wildman–Crippen LogP) is 1.24. The number of piperidine rings is 2. The Kier molecular flexibility index (Phi) is 4.27. The van der Waals surface area contributed by atoms with E-state index in [1.807, 2.05) is 12.1 Å². The van der Waals surface area contributed by atoms with Crippen LogP contribution in [0.5, 0.6) is 0 Å². The van der Waals surface area contributed by atoms with Crippen molar-refractivity contribution in [2.75, 3.05) is 37.6 Å². The third kappa shape index (κ3) is 3.08. The molecule has 4 saturated heterocycles. The Morgan fingerprint density at radius 2 is 2.19 bits per heavy atom. The van der Waals surface area contributed by atoms with E-state index < -0.39 is 0 Å². The number of fused-ring (bicyclic) bond motifs is 4. The molecule has 27 heavy (non-hydrogen) atoms. The standard InChI is InChI=1S/C20H26N6O/c1-14-10-25(19-5-4-16(8-21)26-20(19)6-7-23-26)13-18(27-14)12-24-11-15-2-3-17(24)9-22-15/h4-7,14-15,17-18,22H,2-3,9-13H2,1H3/t14-,15?,17?,18+/m1/s1. The average Bonchev–Trinajstić information content (AvgIpc) is 3.17. The molecule has 6 rings (SSSR count). The smallest absolute Gasteiger partial charge is 0.142 e. The van der Waals surface area contributed by atoms with Crippen LogP contribution in [-0.2, 0) is 4.74 Å². The van der Waals surface area contributed by atoms with Crippen LogP contribution in [0, 0.1) is 11.3 Å². The molecule has 6 heterocycles. The van der Waals surface area contributed by atoms with Gasteiger partial charge in [0.05, 0.1) is 29.6 Å². The zero-order valence-corrected chi connectivity index (χ0v) is 15.7. The summed E-state index contributed by atoms with van der Waals surface area (Å²) in [5.74, 6) is 0. The van der Waals surface area contributed by atoms with Crippen LogP contribution in [0.4, 0.5) is 5.69 Å². The first-order chi connectivity index (χ1) is 13.2. The van der Waals surface area contributed by atoms with Crippen molar-refractivity contribution in [3.8, 4) is 6.07 Å². The molecule has 0 radical (unpaired) electrons. The van der Waals surface area contributed by atoms with Gasteiger partial charge in [-0.1, -0.05) is 0 Å². The minimum absolute atomic E-state index is 0.183. The third-order valence-electron chi connectivity index (χ3n) is 6.21. The van der Waals surface area contributed by atoms with E-state index in [0.717, 1.165) is 43.9 Å². The van der Waals surface area contributed by atoms with Crippen LogP contribution in [-0.4, -0.2) is 71.5 Å². The van der Waals surface area contributed by atoms with Crippen LogP contribution in [0.2, 0.25) is 0 Å². The molecule has 2 bridgehead atoms. The Hall–Kier alpha value is -2.14. The SMILES string of the molecule is C[C@@H]1CN(c2ccc(C#N)n3nccc23)C[C@H](CN2CC3CCC2CN3)O1. The Morgan fingerprint density at radius 3 is 2.93 bits per heavy atom. The van der Waals surface area contributed by atoms with E-state index in [9.17, 15) is 5.26 Å². The van der Waals surface area contributed by atoms with Gasteiger partial charge >= 0.3 is 0 Å². The second-order valence-corrected chi connectivity index (χ2v) is 8.11. The van der Waals surface area contributed by atoms with E-state index in [1.165, 1.54) is 12.8 Å². The molecule has 4 aliphatic rings. The van der Waals surface area contributed by atoms with Crippen molar-refractivity contribution in [1.82, 2.24) is 19.8 Å². The van der Waals surface area contributed by atoms with Gasteiger partial charge in [0.1, 0.15) is 11.8 Å². The average molecular weight is 366 g/mol. The van der Waals surface area contributed by atoms with Crippen molar-refractivity contribution in [3.63, 3.8) is 0 Å². The number of nitrogens with one attached hydrogen (secondary N) is 1. The second kappa shape index (κ2) is 6.79. The van der Waals surface area contributed by atoms with E-state index in [1.54, 1.807) is 10.7 Å². The molecular formula is C20H26N6O. The minimum atomic E-state index is 0.183. The number of pyridine rings is 1. The summed E-state index contributed by atoms with van der Waals surface area (Å²) in [6.07, 6.45) is 4.75. The van der Waals surface area contributed by atoms with Crippen molar-refractivity contribution in [1.29, 1.82) is 5.26 Å². The van der Waals surface area contributed by atoms with Gasteiger partial charge in [-0.3, -0.25) is 4.90 Å². The molecule has 2 unspecified atom stereocenters. The van der Waals surface area contributed by atoms with Crippen molar-refractivity contribution in [3.05, 3.63) is 30.1 Å². The fourth-order valence-electron chi connectivity index (χ4n) is 4.98. The summed E-state index contributed by atoms with van der Waals surface area (Å²) < 4.78 is 8.04. The number of hydrogen-bond acceptors (Lipinski definition) is 6. The van der Waals surface area contributed by atoms with Gasteiger partial charge in [-0.15, -0.1) is 0 Å². The number of hydrogen-bond donors (Lipinski definition) is 1. The molecule has 142 valence electrons. The molecule has 7 nitrogen and oxygen atoms in total. The Bertz CT molecular complexity index is 865. The van der Waals surface area contributed by atoms with Crippen LogP contribution < -0.4 is 10.2 Å². The molecule has 2 aromatic heterocycles. The lowest BCUT2D eigenvalue weighted by Crippen LogP contribution is -2.63. The Balaban J connectivity index is 1.37. The topological polar surface area (TPSA) is 68.8 Å².